The van der Waals surface area contributed by atoms with Crippen LogP contribution in [0.15, 0.2) is 24.3 Å². The van der Waals surface area contributed by atoms with Crippen LogP contribution in [0.4, 0.5) is 5.69 Å². The van der Waals surface area contributed by atoms with Gasteiger partial charge in [0.25, 0.3) is 0 Å². The lowest BCUT2D eigenvalue weighted by molar-refractivity contribution is -0.122. The van der Waals surface area contributed by atoms with E-state index in [2.05, 4.69) is 26.1 Å². The maximum absolute atomic E-state index is 11.7. The lowest BCUT2D eigenvalue weighted by Crippen LogP contribution is -2.27. The number of ether oxygens (including phenoxy) is 1. The fraction of sp³-hybridized carbons (Fsp3) is 0.588. The molecule has 1 rings (SSSR count). The van der Waals surface area contributed by atoms with Gasteiger partial charge >= 0.3 is 0 Å². The van der Waals surface area contributed by atoms with Crippen LogP contribution < -0.4 is 11.1 Å². The second-order valence-corrected chi connectivity index (χ2v) is 5.90. The molecule has 0 spiro atoms. The summed E-state index contributed by atoms with van der Waals surface area (Å²) in [5.41, 5.74) is 7.56. The van der Waals surface area contributed by atoms with Gasteiger partial charge in [-0.05, 0) is 43.4 Å². The molecule has 0 aliphatic heterocycles. The highest BCUT2D eigenvalue weighted by Gasteiger charge is 2.07. The molecule has 0 fully saturated rings. The molecule has 4 nitrogen and oxygen atoms in total. The Hall–Kier alpha value is -1.55. The Labute approximate surface area is 128 Å². The monoisotopic (exact) mass is 292 g/mol. The van der Waals surface area contributed by atoms with Crippen LogP contribution in [0.3, 0.4) is 0 Å². The largest absolute Gasteiger partial charge is 0.399 e. The number of hydrogen-bond donors (Lipinski definition) is 2. The standard InChI is InChI=1S/C17H28N2O2/c1-13(2)12-14(3)21-11-9-17(20)19-10-8-15-4-6-16(18)7-5-15/h4-7,13-14H,8-12,18H2,1-3H3,(H,19,20). The molecule has 0 heterocycles. The Morgan fingerprint density at radius 2 is 1.90 bits per heavy atom. The Morgan fingerprint density at radius 1 is 1.24 bits per heavy atom. The number of carbonyl (C=O) groups is 1. The van der Waals surface area contributed by atoms with Crippen LogP contribution >= 0.6 is 0 Å². The minimum Gasteiger partial charge on any atom is -0.399 e. The molecule has 1 atom stereocenters. The molecule has 0 aliphatic rings. The fourth-order valence-electron chi connectivity index (χ4n) is 2.20. The first-order valence-corrected chi connectivity index (χ1v) is 7.70. The summed E-state index contributed by atoms with van der Waals surface area (Å²) < 4.78 is 5.63. The van der Waals surface area contributed by atoms with Crippen molar-refractivity contribution in [1.29, 1.82) is 0 Å². The van der Waals surface area contributed by atoms with Gasteiger partial charge in [0, 0.05) is 18.7 Å². The van der Waals surface area contributed by atoms with Gasteiger partial charge in [0.15, 0.2) is 0 Å². The van der Waals surface area contributed by atoms with E-state index >= 15 is 0 Å². The van der Waals surface area contributed by atoms with Gasteiger partial charge in [-0.15, -0.1) is 0 Å². The summed E-state index contributed by atoms with van der Waals surface area (Å²) in [6.07, 6.45) is 2.48. The molecule has 1 unspecified atom stereocenters. The van der Waals surface area contributed by atoms with Crippen molar-refractivity contribution < 1.29 is 9.53 Å². The lowest BCUT2D eigenvalue weighted by atomic mass is 10.1. The van der Waals surface area contributed by atoms with E-state index in [0.717, 1.165) is 18.5 Å². The molecular formula is C17H28N2O2. The SMILES string of the molecule is CC(C)CC(C)OCCC(=O)NCCc1ccc(N)cc1. The number of nitrogen functional groups attached to an aromatic ring is 1. The van der Waals surface area contributed by atoms with Crippen LogP contribution in [0.5, 0.6) is 0 Å². The highest BCUT2D eigenvalue weighted by atomic mass is 16.5. The number of anilines is 1. The lowest BCUT2D eigenvalue weighted by Gasteiger charge is -2.14. The Bertz CT molecular complexity index is 415. The van der Waals surface area contributed by atoms with E-state index in [1.807, 2.05) is 24.3 Å². The molecule has 0 aromatic heterocycles. The van der Waals surface area contributed by atoms with Crippen LogP contribution in [0, 0.1) is 5.92 Å². The molecule has 4 heteroatoms. The molecule has 0 aliphatic carbocycles. The molecule has 21 heavy (non-hydrogen) atoms. The summed E-state index contributed by atoms with van der Waals surface area (Å²) in [6.45, 7) is 7.53. The second kappa shape index (κ2) is 9.40. The average molecular weight is 292 g/mol. The van der Waals surface area contributed by atoms with E-state index in [1.54, 1.807) is 0 Å². The van der Waals surface area contributed by atoms with E-state index in [1.165, 1.54) is 5.56 Å². The van der Waals surface area contributed by atoms with Crippen LogP contribution in [-0.4, -0.2) is 25.2 Å². The summed E-state index contributed by atoms with van der Waals surface area (Å²) in [6, 6.07) is 7.72. The number of benzene rings is 1. The van der Waals surface area contributed by atoms with E-state index in [-0.39, 0.29) is 12.0 Å². The first-order chi connectivity index (χ1) is 9.97. The summed E-state index contributed by atoms with van der Waals surface area (Å²) in [5, 5.41) is 2.91. The Kier molecular flexibility index (Phi) is 7.83. The summed E-state index contributed by atoms with van der Waals surface area (Å²) in [4.78, 5) is 11.7. The fourth-order valence-corrected chi connectivity index (χ4v) is 2.20. The highest BCUT2D eigenvalue weighted by molar-refractivity contribution is 5.75. The van der Waals surface area contributed by atoms with Crippen LogP contribution in [0.25, 0.3) is 0 Å². The van der Waals surface area contributed by atoms with Gasteiger partial charge in [0.05, 0.1) is 12.7 Å². The smallest absolute Gasteiger partial charge is 0.222 e. The number of hydrogen-bond acceptors (Lipinski definition) is 3. The van der Waals surface area contributed by atoms with E-state index < -0.39 is 0 Å². The van der Waals surface area contributed by atoms with Crippen molar-refractivity contribution in [3.63, 3.8) is 0 Å². The Balaban J connectivity index is 2.10. The van der Waals surface area contributed by atoms with Gasteiger partial charge in [-0.3, -0.25) is 4.79 Å². The molecule has 0 bridgehead atoms. The third kappa shape index (κ3) is 8.35. The molecule has 118 valence electrons. The van der Waals surface area contributed by atoms with Crippen molar-refractivity contribution >= 4 is 11.6 Å². The van der Waals surface area contributed by atoms with Gasteiger partial charge in [0.2, 0.25) is 5.91 Å². The third-order valence-corrected chi connectivity index (χ3v) is 3.25. The van der Waals surface area contributed by atoms with Gasteiger partial charge in [0.1, 0.15) is 0 Å². The zero-order valence-electron chi connectivity index (χ0n) is 13.4. The van der Waals surface area contributed by atoms with Crippen LogP contribution in [0.1, 0.15) is 39.2 Å². The second-order valence-electron chi connectivity index (χ2n) is 5.90. The number of nitrogens with two attached hydrogens (primary N) is 1. The highest BCUT2D eigenvalue weighted by Crippen LogP contribution is 2.08. The average Bonchev–Trinajstić information content (AvgIpc) is 2.40. The number of nitrogens with one attached hydrogen (secondary N) is 1. The molecule has 0 saturated heterocycles. The predicted molar refractivity (Wildman–Crippen MR) is 87.1 cm³/mol. The maximum Gasteiger partial charge on any atom is 0.222 e. The van der Waals surface area contributed by atoms with Crippen molar-refractivity contribution in [2.45, 2.75) is 46.1 Å². The molecule has 1 aromatic carbocycles. The zero-order chi connectivity index (χ0) is 15.7. The molecule has 1 amide bonds. The summed E-state index contributed by atoms with van der Waals surface area (Å²) >= 11 is 0. The van der Waals surface area contributed by atoms with Gasteiger partial charge < -0.3 is 15.8 Å². The quantitative estimate of drug-likeness (QED) is 0.688. The topological polar surface area (TPSA) is 64.3 Å². The van der Waals surface area contributed by atoms with Gasteiger partial charge in [-0.1, -0.05) is 26.0 Å². The minimum absolute atomic E-state index is 0.0437. The zero-order valence-corrected chi connectivity index (χ0v) is 13.4. The predicted octanol–water partition coefficient (Wildman–Crippen LogP) is 2.77. The molecule has 0 radical (unpaired) electrons. The van der Waals surface area contributed by atoms with Crippen molar-refractivity contribution in [1.82, 2.24) is 5.32 Å². The summed E-state index contributed by atoms with van der Waals surface area (Å²) in [7, 11) is 0. The van der Waals surface area contributed by atoms with Crippen LogP contribution in [0.2, 0.25) is 0 Å². The third-order valence-electron chi connectivity index (χ3n) is 3.25. The normalized spacial score (nSPS) is 12.4. The number of amides is 1. The molecule has 3 N–H and O–H groups in total. The van der Waals surface area contributed by atoms with Crippen molar-refractivity contribution in [3.8, 4) is 0 Å². The van der Waals surface area contributed by atoms with E-state index in [9.17, 15) is 4.79 Å². The molecular weight excluding hydrogens is 264 g/mol. The summed E-state index contributed by atoms with van der Waals surface area (Å²) in [5.74, 6) is 0.663. The maximum atomic E-state index is 11.7. The Morgan fingerprint density at radius 3 is 2.52 bits per heavy atom. The molecule has 0 saturated carbocycles. The van der Waals surface area contributed by atoms with Crippen LogP contribution in [-0.2, 0) is 16.0 Å². The number of rotatable bonds is 9. The van der Waals surface area contributed by atoms with Gasteiger partial charge in [-0.2, -0.15) is 0 Å². The first-order valence-electron chi connectivity index (χ1n) is 7.70. The van der Waals surface area contributed by atoms with E-state index in [0.29, 0.717) is 25.5 Å². The first kappa shape index (κ1) is 17.5. The van der Waals surface area contributed by atoms with Crippen molar-refractivity contribution in [3.05, 3.63) is 29.8 Å². The number of carbonyl (C=O) groups excluding carboxylic acids is 1. The minimum atomic E-state index is 0.0437. The van der Waals surface area contributed by atoms with Crippen molar-refractivity contribution in [2.24, 2.45) is 5.92 Å². The van der Waals surface area contributed by atoms with Gasteiger partial charge in [-0.25, -0.2) is 0 Å². The molecule has 1 aromatic rings. The van der Waals surface area contributed by atoms with E-state index in [4.69, 9.17) is 10.5 Å². The van der Waals surface area contributed by atoms with Crippen molar-refractivity contribution in [2.75, 3.05) is 18.9 Å².